The van der Waals surface area contributed by atoms with E-state index in [2.05, 4.69) is 13.8 Å². The van der Waals surface area contributed by atoms with E-state index >= 15 is 0 Å². The number of aliphatic carboxylic acids is 1. The normalized spacial score (nSPS) is 9.61. The zero-order valence-corrected chi connectivity index (χ0v) is 17.2. The molecule has 0 spiro atoms. The molecule has 0 fully saturated rings. The largest absolute Gasteiger partial charge is 1.00 e. The van der Waals surface area contributed by atoms with E-state index in [1.807, 2.05) is 0 Å². The van der Waals surface area contributed by atoms with Crippen LogP contribution in [0.1, 0.15) is 71.1 Å². The van der Waals surface area contributed by atoms with E-state index in [1.54, 1.807) is 0 Å². The van der Waals surface area contributed by atoms with E-state index < -0.39 is 23.0 Å². The second-order valence-electron chi connectivity index (χ2n) is 4.68. The van der Waals surface area contributed by atoms with Crippen molar-refractivity contribution in [1.29, 1.82) is 0 Å². The van der Waals surface area contributed by atoms with Crippen molar-refractivity contribution in [1.82, 2.24) is 0 Å². The van der Waals surface area contributed by atoms with Crippen molar-refractivity contribution < 1.29 is 62.1 Å². The Hall–Kier alpha value is 0.300. The van der Waals surface area contributed by atoms with Crippen LogP contribution in [0.15, 0.2) is 0 Å². The van der Waals surface area contributed by atoms with Crippen LogP contribution in [-0.2, 0) is 15.2 Å². The molecule has 0 saturated heterocycles. The van der Waals surface area contributed by atoms with Crippen molar-refractivity contribution >= 4 is 16.4 Å². The number of unbranched alkanes of at least 4 members (excludes halogenated alkanes) is 9. The summed E-state index contributed by atoms with van der Waals surface area (Å²) in [5.74, 6) is -1.19. The maximum atomic E-state index is 9.12. The van der Waals surface area contributed by atoms with Gasteiger partial charge in [0, 0.05) is 0 Å². The van der Waals surface area contributed by atoms with Gasteiger partial charge in [-0.25, -0.2) is 4.79 Å². The number of rotatable bonds is 10. The average molecular weight is 366 g/mol. The van der Waals surface area contributed by atoms with Gasteiger partial charge in [0.1, 0.15) is 6.61 Å². The molecule has 0 aliphatic heterocycles. The van der Waals surface area contributed by atoms with Gasteiger partial charge in [0.25, 0.3) is 0 Å². The number of aliphatic hydroxyl groups is 1. The number of carboxylic acid groups (broad SMARTS) is 1. The standard InChI is InChI=1S/C12H25.C2H4O3.Na.H2O4S/c1-3-5-7-9-11-12-10-8-6-4-2;3-1-2(4)5;;1-5(2,3)4/h1,3-12H2,2H3;3H,1H2,(H,4,5);;(H2,1,2,3,4)/q-1;;+1;. The molecule has 0 bridgehead atoms. The van der Waals surface area contributed by atoms with Gasteiger partial charge >= 0.3 is 45.9 Å². The van der Waals surface area contributed by atoms with Gasteiger partial charge in [-0.05, 0) is 0 Å². The van der Waals surface area contributed by atoms with Gasteiger partial charge in [0.05, 0.1) is 0 Å². The summed E-state index contributed by atoms with van der Waals surface area (Å²) in [6.07, 6.45) is 13.9. The van der Waals surface area contributed by atoms with Crippen molar-refractivity contribution in [2.24, 2.45) is 0 Å². The van der Waals surface area contributed by atoms with Crippen LogP contribution in [0.4, 0.5) is 0 Å². The van der Waals surface area contributed by atoms with Crippen LogP contribution in [0.2, 0.25) is 0 Å². The maximum Gasteiger partial charge on any atom is 1.00 e. The van der Waals surface area contributed by atoms with E-state index in [0.29, 0.717) is 0 Å². The fourth-order valence-electron chi connectivity index (χ4n) is 1.49. The minimum Gasteiger partial charge on any atom is -0.480 e. The zero-order valence-electron chi connectivity index (χ0n) is 14.4. The monoisotopic (exact) mass is 366 g/mol. The Morgan fingerprint density at radius 3 is 1.39 bits per heavy atom. The summed E-state index contributed by atoms with van der Waals surface area (Å²) < 4.78 is 31.6. The topological polar surface area (TPSA) is 132 Å². The SMILES string of the molecule is O=C(O)CO.O=S(=O)(O)O.[CH2-]CCCCCCCCCCC.[Na+]. The van der Waals surface area contributed by atoms with E-state index in [4.69, 9.17) is 32.5 Å². The fourth-order valence-corrected chi connectivity index (χ4v) is 1.49. The van der Waals surface area contributed by atoms with Crippen LogP contribution < -0.4 is 29.6 Å². The van der Waals surface area contributed by atoms with Gasteiger partial charge in [0.2, 0.25) is 0 Å². The quantitative estimate of drug-likeness (QED) is 0.187. The third-order valence-electron chi connectivity index (χ3n) is 2.49. The molecule has 4 N–H and O–H groups in total. The summed E-state index contributed by atoms with van der Waals surface area (Å²) in [4.78, 5) is 9.12. The number of carbonyl (C=O) groups is 1. The molecule has 0 saturated carbocycles. The Labute approximate surface area is 162 Å². The molecule has 7 nitrogen and oxygen atoms in total. The van der Waals surface area contributed by atoms with Crippen molar-refractivity contribution in [3.8, 4) is 0 Å². The van der Waals surface area contributed by atoms with Crippen LogP contribution in [0.25, 0.3) is 0 Å². The average Bonchev–Trinajstić information content (AvgIpc) is 2.40. The van der Waals surface area contributed by atoms with Crippen molar-refractivity contribution in [2.45, 2.75) is 71.1 Å². The summed E-state index contributed by atoms with van der Waals surface area (Å²) in [7, 11) is -4.67. The Morgan fingerprint density at radius 2 is 1.17 bits per heavy atom. The van der Waals surface area contributed by atoms with Crippen molar-refractivity contribution in [3.05, 3.63) is 6.92 Å². The van der Waals surface area contributed by atoms with Gasteiger partial charge < -0.3 is 17.1 Å². The maximum absolute atomic E-state index is 9.12. The summed E-state index contributed by atoms with van der Waals surface area (Å²) in [5, 5.41) is 15.0. The number of carboxylic acids is 1. The first-order valence-electron chi connectivity index (χ1n) is 7.50. The predicted octanol–water partition coefficient (Wildman–Crippen LogP) is 0.156. The summed E-state index contributed by atoms with van der Waals surface area (Å²) in [6.45, 7) is 5.34. The summed E-state index contributed by atoms with van der Waals surface area (Å²) in [5.41, 5.74) is 0. The third-order valence-corrected chi connectivity index (χ3v) is 2.49. The Bertz CT molecular complexity index is 303. The van der Waals surface area contributed by atoms with Crippen molar-refractivity contribution in [3.63, 3.8) is 0 Å². The minimum absolute atomic E-state index is 0. The Morgan fingerprint density at radius 1 is 0.913 bits per heavy atom. The predicted molar refractivity (Wildman–Crippen MR) is 86.1 cm³/mol. The van der Waals surface area contributed by atoms with Crippen molar-refractivity contribution in [2.75, 3.05) is 6.61 Å². The molecule has 0 radical (unpaired) electrons. The molecule has 0 aliphatic carbocycles. The summed E-state index contributed by atoms with van der Waals surface area (Å²) >= 11 is 0. The molecule has 0 heterocycles. The van der Waals surface area contributed by atoms with Crippen LogP contribution >= 0.6 is 0 Å². The Balaban J connectivity index is -0.000000137. The van der Waals surface area contributed by atoms with Gasteiger partial charge in [-0.3, -0.25) is 9.11 Å². The minimum atomic E-state index is -4.67. The van der Waals surface area contributed by atoms with E-state index in [1.165, 1.54) is 57.8 Å². The first kappa shape index (κ1) is 31.1. The van der Waals surface area contributed by atoms with Crippen LogP contribution in [0, 0.1) is 6.92 Å². The number of aliphatic hydroxyl groups excluding tert-OH is 1. The van der Waals surface area contributed by atoms with Gasteiger partial charge in [-0.1, -0.05) is 64.7 Å². The van der Waals surface area contributed by atoms with Crippen LogP contribution in [-0.4, -0.2) is 40.3 Å². The van der Waals surface area contributed by atoms with Gasteiger partial charge in [0.15, 0.2) is 0 Å². The van der Waals surface area contributed by atoms with E-state index in [-0.39, 0.29) is 29.6 Å². The molecule has 23 heavy (non-hydrogen) atoms. The second kappa shape index (κ2) is 24.6. The molecule has 0 aromatic rings. The molecular weight excluding hydrogens is 335 g/mol. The van der Waals surface area contributed by atoms with E-state index in [9.17, 15) is 0 Å². The molecule has 0 aliphatic rings. The molecule has 0 atom stereocenters. The van der Waals surface area contributed by atoms with Crippen LogP contribution in [0.3, 0.4) is 0 Å². The molecule has 0 rings (SSSR count). The third kappa shape index (κ3) is 72.0. The zero-order chi connectivity index (χ0) is 17.9. The molecule has 0 aromatic carbocycles. The molecule has 0 amide bonds. The first-order chi connectivity index (χ1) is 10.2. The molecule has 136 valence electrons. The smallest absolute Gasteiger partial charge is 0.480 e. The number of hydrogen-bond acceptors (Lipinski definition) is 4. The van der Waals surface area contributed by atoms with Crippen LogP contribution in [0.5, 0.6) is 0 Å². The van der Waals surface area contributed by atoms with Gasteiger partial charge in [-0.15, -0.1) is 0 Å². The van der Waals surface area contributed by atoms with Gasteiger partial charge in [-0.2, -0.15) is 14.8 Å². The summed E-state index contributed by atoms with van der Waals surface area (Å²) in [6, 6.07) is 0. The van der Waals surface area contributed by atoms with E-state index in [0.717, 1.165) is 6.42 Å². The fraction of sp³-hybridized carbons (Fsp3) is 0.857. The molecule has 9 heteroatoms. The molecule has 0 unspecified atom stereocenters. The molecule has 0 aromatic heterocycles. The second-order valence-corrected chi connectivity index (χ2v) is 5.58. The molecular formula is C14H31NaO7S. The number of hydrogen-bond donors (Lipinski definition) is 4. The Kier molecular flexibility index (Phi) is 33.2. The first-order valence-corrected chi connectivity index (χ1v) is 8.90.